The molecule has 0 aliphatic rings. The summed E-state index contributed by atoms with van der Waals surface area (Å²) in [6, 6.07) is 5.49. The van der Waals surface area contributed by atoms with Crippen molar-refractivity contribution in [1.82, 2.24) is 0 Å². The smallest absolute Gasteiger partial charge is 0.340 e. The monoisotopic (exact) mass is 255 g/mol. The highest BCUT2D eigenvalue weighted by Crippen LogP contribution is 2.18. The van der Waals surface area contributed by atoms with Gasteiger partial charge < -0.3 is 9.47 Å². The molecular weight excluding hydrogens is 244 g/mol. The Morgan fingerprint density at radius 2 is 1.76 bits per heavy atom. The molecule has 1 radical (unpaired) electrons. The molecule has 0 aromatic heterocycles. The molecular formula is C12H12ClO4. The lowest BCUT2D eigenvalue weighted by molar-refractivity contribution is 0.0524. The third kappa shape index (κ3) is 3.46. The van der Waals surface area contributed by atoms with E-state index in [4.69, 9.17) is 21.1 Å². The van der Waals surface area contributed by atoms with E-state index < -0.39 is 11.9 Å². The van der Waals surface area contributed by atoms with Crippen molar-refractivity contribution < 1.29 is 19.1 Å². The summed E-state index contributed by atoms with van der Waals surface area (Å²) in [6.45, 7) is 3.86. The minimum atomic E-state index is -0.608. The van der Waals surface area contributed by atoms with Crippen LogP contribution in [0.2, 0.25) is 5.02 Å². The maximum Gasteiger partial charge on any atom is 0.340 e. The second-order valence-electron chi connectivity index (χ2n) is 3.04. The van der Waals surface area contributed by atoms with Crippen LogP contribution in [0, 0.1) is 6.07 Å². The minimum absolute atomic E-state index is 0.0408. The minimum Gasteiger partial charge on any atom is -0.462 e. The van der Waals surface area contributed by atoms with Crippen LogP contribution in [0.1, 0.15) is 34.6 Å². The maximum atomic E-state index is 11.5. The lowest BCUT2D eigenvalue weighted by Crippen LogP contribution is -2.10. The predicted octanol–water partition coefficient (Wildman–Crippen LogP) is 2.49. The average Bonchev–Trinajstić information content (AvgIpc) is 2.30. The summed E-state index contributed by atoms with van der Waals surface area (Å²) < 4.78 is 9.59. The molecule has 4 nitrogen and oxygen atoms in total. The lowest BCUT2D eigenvalue weighted by atomic mass is 10.1. The molecule has 0 aliphatic heterocycles. The van der Waals surface area contributed by atoms with Gasteiger partial charge in [-0.2, -0.15) is 0 Å². The highest BCUT2D eigenvalue weighted by atomic mass is 35.5. The summed E-state index contributed by atoms with van der Waals surface area (Å²) >= 11 is 5.82. The van der Waals surface area contributed by atoms with E-state index >= 15 is 0 Å². The highest BCUT2D eigenvalue weighted by Gasteiger charge is 2.16. The summed E-state index contributed by atoms with van der Waals surface area (Å²) in [5.74, 6) is -1.15. The number of carbonyl (C=O) groups excluding carboxylic acids is 2. The predicted molar refractivity (Wildman–Crippen MR) is 62.2 cm³/mol. The van der Waals surface area contributed by atoms with Crippen LogP contribution in [-0.2, 0) is 9.47 Å². The van der Waals surface area contributed by atoms with E-state index in [1.807, 2.05) is 0 Å². The van der Waals surface area contributed by atoms with Crippen molar-refractivity contribution in [2.75, 3.05) is 13.2 Å². The number of esters is 2. The summed E-state index contributed by atoms with van der Waals surface area (Å²) in [5, 5.41) is 0.191. The molecule has 0 N–H and O–H groups in total. The fourth-order valence-electron chi connectivity index (χ4n) is 1.16. The zero-order chi connectivity index (χ0) is 12.8. The van der Waals surface area contributed by atoms with Gasteiger partial charge in [0.15, 0.2) is 0 Å². The van der Waals surface area contributed by atoms with Crippen LogP contribution in [0.3, 0.4) is 0 Å². The molecule has 1 rings (SSSR count). The first-order chi connectivity index (χ1) is 8.10. The fourth-order valence-corrected chi connectivity index (χ4v) is 1.34. The van der Waals surface area contributed by atoms with Crippen molar-refractivity contribution in [3.05, 3.63) is 34.3 Å². The zero-order valence-electron chi connectivity index (χ0n) is 9.58. The van der Waals surface area contributed by atoms with E-state index in [1.54, 1.807) is 13.8 Å². The number of carbonyl (C=O) groups is 2. The lowest BCUT2D eigenvalue weighted by Gasteiger charge is -2.06. The van der Waals surface area contributed by atoms with Gasteiger partial charge in [-0.1, -0.05) is 11.6 Å². The molecule has 0 amide bonds. The van der Waals surface area contributed by atoms with E-state index in [9.17, 15) is 9.59 Å². The highest BCUT2D eigenvalue weighted by molar-refractivity contribution is 6.33. The second kappa shape index (κ2) is 6.25. The molecule has 0 heterocycles. The van der Waals surface area contributed by atoms with Crippen LogP contribution in [0.4, 0.5) is 0 Å². The van der Waals surface area contributed by atoms with Gasteiger partial charge in [-0.05, 0) is 26.0 Å². The quantitative estimate of drug-likeness (QED) is 0.776. The molecule has 0 aliphatic carbocycles. The Bertz CT molecular complexity index is 429. The van der Waals surface area contributed by atoms with Crippen molar-refractivity contribution in [2.45, 2.75) is 13.8 Å². The molecule has 0 atom stereocenters. The van der Waals surface area contributed by atoms with E-state index in [0.717, 1.165) is 0 Å². The zero-order valence-corrected chi connectivity index (χ0v) is 10.3. The number of halogens is 1. The van der Waals surface area contributed by atoms with Crippen LogP contribution < -0.4 is 0 Å². The Kier molecular flexibility index (Phi) is 4.97. The first-order valence-corrected chi connectivity index (χ1v) is 5.54. The van der Waals surface area contributed by atoms with Crippen molar-refractivity contribution in [2.24, 2.45) is 0 Å². The van der Waals surface area contributed by atoms with Gasteiger partial charge in [-0.3, -0.25) is 0 Å². The van der Waals surface area contributed by atoms with Crippen LogP contribution in [0.15, 0.2) is 12.1 Å². The molecule has 1 aromatic carbocycles. The Morgan fingerprint density at radius 1 is 1.18 bits per heavy atom. The molecule has 5 heteroatoms. The molecule has 0 fully saturated rings. The van der Waals surface area contributed by atoms with Gasteiger partial charge in [0.05, 0.1) is 29.4 Å². The van der Waals surface area contributed by atoms with Gasteiger partial charge in [0.25, 0.3) is 0 Å². The fraction of sp³-hybridized carbons (Fsp3) is 0.333. The van der Waals surface area contributed by atoms with Crippen molar-refractivity contribution in [1.29, 1.82) is 0 Å². The van der Waals surface area contributed by atoms with E-state index in [2.05, 4.69) is 6.07 Å². The SMILES string of the molecule is CCOC(=O)c1[c]c(C(=O)OCC)c(Cl)cc1. The number of ether oxygens (including phenoxy) is 2. The topological polar surface area (TPSA) is 52.6 Å². The Hall–Kier alpha value is -1.55. The number of hydrogen-bond donors (Lipinski definition) is 0. The number of hydrogen-bond acceptors (Lipinski definition) is 4. The van der Waals surface area contributed by atoms with Crippen LogP contribution in [0.5, 0.6) is 0 Å². The van der Waals surface area contributed by atoms with Crippen molar-refractivity contribution in [3.63, 3.8) is 0 Å². The first-order valence-electron chi connectivity index (χ1n) is 5.16. The third-order valence-electron chi connectivity index (χ3n) is 1.87. The molecule has 0 saturated carbocycles. The summed E-state index contributed by atoms with van der Waals surface area (Å²) in [5.41, 5.74) is 0.193. The van der Waals surface area contributed by atoms with Crippen molar-refractivity contribution >= 4 is 23.5 Å². The first kappa shape index (κ1) is 13.5. The standard InChI is InChI=1S/C12H12ClO4/c1-3-16-11(14)8-5-6-10(13)9(7-8)12(15)17-4-2/h5-6H,3-4H2,1-2H3. The average molecular weight is 256 g/mol. The summed E-state index contributed by atoms with van der Waals surface area (Å²) in [4.78, 5) is 22.9. The maximum absolute atomic E-state index is 11.5. The van der Waals surface area contributed by atoms with E-state index in [1.165, 1.54) is 12.1 Å². The van der Waals surface area contributed by atoms with E-state index in [0.29, 0.717) is 0 Å². The summed E-state index contributed by atoms with van der Waals surface area (Å²) in [6.07, 6.45) is 0. The summed E-state index contributed by atoms with van der Waals surface area (Å²) in [7, 11) is 0. The molecule has 17 heavy (non-hydrogen) atoms. The second-order valence-corrected chi connectivity index (χ2v) is 3.44. The van der Waals surface area contributed by atoms with Gasteiger partial charge in [0, 0.05) is 6.07 Å². The van der Waals surface area contributed by atoms with Crippen LogP contribution in [0.25, 0.3) is 0 Å². The Balaban J connectivity index is 3.02. The Labute approximate surface area is 104 Å². The third-order valence-corrected chi connectivity index (χ3v) is 2.18. The van der Waals surface area contributed by atoms with Gasteiger partial charge in [-0.25, -0.2) is 9.59 Å². The Morgan fingerprint density at radius 3 is 2.35 bits per heavy atom. The normalized spacial score (nSPS) is 9.82. The van der Waals surface area contributed by atoms with Crippen LogP contribution in [-0.4, -0.2) is 25.2 Å². The van der Waals surface area contributed by atoms with Crippen LogP contribution >= 0.6 is 11.6 Å². The van der Waals surface area contributed by atoms with Gasteiger partial charge in [-0.15, -0.1) is 0 Å². The van der Waals surface area contributed by atoms with Crippen molar-refractivity contribution in [3.8, 4) is 0 Å². The molecule has 91 valence electrons. The van der Waals surface area contributed by atoms with Gasteiger partial charge in [0.1, 0.15) is 0 Å². The molecule has 0 spiro atoms. The van der Waals surface area contributed by atoms with E-state index in [-0.39, 0.29) is 29.4 Å². The number of rotatable bonds is 4. The molecule has 0 unspecified atom stereocenters. The number of benzene rings is 1. The largest absolute Gasteiger partial charge is 0.462 e. The molecule has 0 saturated heterocycles. The molecule has 1 aromatic rings. The van der Waals surface area contributed by atoms with Gasteiger partial charge >= 0.3 is 11.9 Å². The molecule has 0 bridgehead atoms. The van der Waals surface area contributed by atoms with Gasteiger partial charge in [0.2, 0.25) is 0 Å².